The number of hydrogen-bond donors (Lipinski definition) is 2. The Morgan fingerprint density at radius 2 is 1.84 bits per heavy atom. The monoisotopic (exact) mass is 272 g/mol. The molecule has 1 rings (SSSR count). The van der Waals surface area contributed by atoms with E-state index in [1.165, 1.54) is 9.80 Å². The van der Waals surface area contributed by atoms with Crippen molar-refractivity contribution in [3.8, 4) is 0 Å². The van der Waals surface area contributed by atoms with Crippen LogP contribution in [0.25, 0.3) is 0 Å². The number of carbonyl (C=O) groups is 2. The molecule has 6 nitrogen and oxygen atoms in total. The van der Waals surface area contributed by atoms with Gasteiger partial charge in [0, 0.05) is 13.1 Å². The lowest BCUT2D eigenvalue weighted by molar-refractivity contribution is -0.138. The van der Waals surface area contributed by atoms with Gasteiger partial charge in [-0.3, -0.25) is 4.79 Å². The average Bonchev–Trinajstić information content (AvgIpc) is 2.34. The molecule has 2 atom stereocenters. The van der Waals surface area contributed by atoms with Gasteiger partial charge in [0.05, 0.1) is 12.1 Å². The highest BCUT2D eigenvalue weighted by molar-refractivity contribution is 5.80. The molecule has 0 aliphatic heterocycles. The Kier molecular flexibility index (Phi) is 5.60. The van der Waals surface area contributed by atoms with Crippen LogP contribution in [0.15, 0.2) is 0 Å². The SMILES string of the molecule is CC(C)N(CC(=O)O)C(=O)N(C)C1CCCCC1O. The Hall–Kier alpha value is -1.30. The maximum Gasteiger partial charge on any atom is 0.323 e. The molecule has 110 valence electrons. The van der Waals surface area contributed by atoms with Gasteiger partial charge in [-0.2, -0.15) is 0 Å². The summed E-state index contributed by atoms with van der Waals surface area (Å²) in [6.07, 6.45) is 2.91. The summed E-state index contributed by atoms with van der Waals surface area (Å²) in [4.78, 5) is 26.0. The van der Waals surface area contributed by atoms with Crippen molar-refractivity contribution < 1.29 is 19.8 Å². The minimum absolute atomic E-state index is 0.188. The number of aliphatic hydroxyl groups excluding tert-OH is 1. The van der Waals surface area contributed by atoms with E-state index in [2.05, 4.69) is 0 Å². The van der Waals surface area contributed by atoms with Gasteiger partial charge in [-0.25, -0.2) is 4.79 Å². The quantitative estimate of drug-likeness (QED) is 0.804. The number of amides is 2. The number of urea groups is 1. The highest BCUT2D eigenvalue weighted by Crippen LogP contribution is 2.23. The number of carbonyl (C=O) groups excluding carboxylic acids is 1. The summed E-state index contributed by atoms with van der Waals surface area (Å²) in [6.45, 7) is 3.25. The smallest absolute Gasteiger partial charge is 0.323 e. The Morgan fingerprint density at radius 3 is 2.32 bits per heavy atom. The van der Waals surface area contributed by atoms with Crippen LogP contribution < -0.4 is 0 Å². The van der Waals surface area contributed by atoms with E-state index < -0.39 is 12.1 Å². The molecule has 0 saturated heterocycles. The Morgan fingerprint density at radius 1 is 1.26 bits per heavy atom. The number of rotatable bonds is 4. The van der Waals surface area contributed by atoms with Gasteiger partial charge in [0.15, 0.2) is 0 Å². The van der Waals surface area contributed by atoms with E-state index in [-0.39, 0.29) is 24.7 Å². The van der Waals surface area contributed by atoms with E-state index in [1.54, 1.807) is 20.9 Å². The fraction of sp³-hybridized carbons (Fsp3) is 0.846. The van der Waals surface area contributed by atoms with Crippen LogP contribution in [-0.4, -0.2) is 63.8 Å². The fourth-order valence-corrected chi connectivity index (χ4v) is 2.50. The van der Waals surface area contributed by atoms with Crippen molar-refractivity contribution in [3.05, 3.63) is 0 Å². The number of carboxylic acids is 1. The van der Waals surface area contributed by atoms with Gasteiger partial charge in [-0.15, -0.1) is 0 Å². The molecule has 1 aliphatic rings. The molecule has 0 aromatic rings. The van der Waals surface area contributed by atoms with Crippen LogP contribution in [0.1, 0.15) is 39.5 Å². The number of hydrogen-bond acceptors (Lipinski definition) is 3. The fourth-order valence-electron chi connectivity index (χ4n) is 2.50. The van der Waals surface area contributed by atoms with E-state index >= 15 is 0 Å². The first-order chi connectivity index (χ1) is 8.84. The predicted octanol–water partition coefficient (Wildman–Crippen LogP) is 1.14. The van der Waals surface area contributed by atoms with Gasteiger partial charge < -0.3 is 20.0 Å². The molecule has 0 heterocycles. The van der Waals surface area contributed by atoms with Gasteiger partial charge >= 0.3 is 12.0 Å². The molecule has 2 unspecified atom stereocenters. The average molecular weight is 272 g/mol. The molecule has 1 aliphatic carbocycles. The first-order valence-electron chi connectivity index (χ1n) is 6.78. The van der Waals surface area contributed by atoms with Crippen molar-refractivity contribution in [3.63, 3.8) is 0 Å². The van der Waals surface area contributed by atoms with Crippen molar-refractivity contribution in [2.45, 2.75) is 57.7 Å². The molecule has 0 radical (unpaired) electrons. The third-order valence-electron chi connectivity index (χ3n) is 3.67. The largest absolute Gasteiger partial charge is 0.480 e. The third kappa shape index (κ3) is 4.09. The van der Waals surface area contributed by atoms with Crippen molar-refractivity contribution in [2.24, 2.45) is 0 Å². The lowest BCUT2D eigenvalue weighted by Crippen LogP contribution is -2.53. The number of nitrogens with zero attached hydrogens (tertiary/aromatic N) is 2. The molecule has 19 heavy (non-hydrogen) atoms. The normalized spacial score (nSPS) is 23.2. The Labute approximate surface area is 114 Å². The molecule has 2 amide bonds. The number of aliphatic carboxylic acids is 1. The molecule has 1 saturated carbocycles. The maximum absolute atomic E-state index is 12.3. The standard InChI is InChI=1S/C13H24N2O4/c1-9(2)15(8-12(17)18)13(19)14(3)10-6-4-5-7-11(10)16/h9-11,16H,4-8H2,1-3H3,(H,17,18). The minimum atomic E-state index is -1.03. The van der Waals surface area contributed by atoms with E-state index in [0.717, 1.165) is 19.3 Å². The topological polar surface area (TPSA) is 81.1 Å². The lowest BCUT2D eigenvalue weighted by atomic mass is 9.92. The highest BCUT2D eigenvalue weighted by atomic mass is 16.4. The van der Waals surface area contributed by atoms with E-state index in [9.17, 15) is 14.7 Å². The van der Waals surface area contributed by atoms with E-state index in [4.69, 9.17) is 5.11 Å². The molecule has 0 aromatic heterocycles. The van der Waals surface area contributed by atoms with Gasteiger partial charge in [-0.1, -0.05) is 12.8 Å². The second-order valence-electron chi connectivity index (χ2n) is 5.43. The van der Waals surface area contributed by atoms with Crippen LogP contribution in [0.2, 0.25) is 0 Å². The Balaban J connectivity index is 2.74. The number of aliphatic hydroxyl groups is 1. The van der Waals surface area contributed by atoms with Crippen molar-refractivity contribution in [1.82, 2.24) is 9.80 Å². The van der Waals surface area contributed by atoms with Gasteiger partial charge in [0.1, 0.15) is 6.54 Å². The summed E-state index contributed by atoms with van der Waals surface area (Å²) in [5.74, 6) is -1.03. The summed E-state index contributed by atoms with van der Waals surface area (Å²) >= 11 is 0. The minimum Gasteiger partial charge on any atom is -0.480 e. The first-order valence-corrected chi connectivity index (χ1v) is 6.78. The zero-order valence-corrected chi connectivity index (χ0v) is 11.9. The van der Waals surface area contributed by atoms with Gasteiger partial charge in [0.25, 0.3) is 0 Å². The molecule has 0 spiro atoms. The molecule has 2 N–H and O–H groups in total. The van der Waals surface area contributed by atoms with Gasteiger partial charge in [0.2, 0.25) is 0 Å². The van der Waals surface area contributed by atoms with Crippen LogP contribution in [-0.2, 0) is 4.79 Å². The summed E-state index contributed by atoms with van der Waals surface area (Å²) in [5, 5.41) is 18.8. The summed E-state index contributed by atoms with van der Waals surface area (Å²) < 4.78 is 0. The Bertz CT molecular complexity index is 333. The summed E-state index contributed by atoms with van der Waals surface area (Å²) in [7, 11) is 1.64. The van der Waals surface area contributed by atoms with E-state index in [1.807, 2.05) is 0 Å². The third-order valence-corrected chi connectivity index (χ3v) is 3.67. The van der Waals surface area contributed by atoms with Crippen LogP contribution >= 0.6 is 0 Å². The summed E-state index contributed by atoms with van der Waals surface area (Å²) in [6, 6.07) is -0.730. The second kappa shape index (κ2) is 6.75. The highest BCUT2D eigenvalue weighted by Gasteiger charge is 2.32. The van der Waals surface area contributed by atoms with E-state index in [0.29, 0.717) is 6.42 Å². The van der Waals surface area contributed by atoms with Crippen LogP contribution in [0, 0.1) is 0 Å². The van der Waals surface area contributed by atoms with Crippen molar-refractivity contribution in [1.29, 1.82) is 0 Å². The summed E-state index contributed by atoms with van der Waals surface area (Å²) in [5.41, 5.74) is 0. The van der Waals surface area contributed by atoms with Crippen molar-refractivity contribution in [2.75, 3.05) is 13.6 Å². The predicted molar refractivity (Wildman–Crippen MR) is 70.9 cm³/mol. The van der Waals surface area contributed by atoms with Crippen LogP contribution in [0.5, 0.6) is 0 Å². The molecule has 0 aromatic carbocycles. The lowest BCUT2D eigenvalue weighted by Gasteiger charge is -2.38. The van der Waals surface area contributed by atoms with Crippen LogP contribution in [0.3, 0.4) is 0 Å². The first kappa shape index (κ1) is 15.8. The molecule has 1 fully saturated rings. The maximum atomic E-state index is 12.3. The molecule has 0 bridgehead atoms. The van der Waals surface area contributed by atoms with Gasteiger partial charge in [-0.05, 0) is 26.7 Å². The molecule has 6 heteroatoms. The molecular formula is C13H24N2O4. The molecular weight excluding hydrogens is 248 g/mol. The van der Waals surface area contributed by atoms with Crippen molar-refractivity contribution >= 4 is 12.0 Å². The zero-order valence-electron chi connectivity index (χ0n) is 11.9. The number of likely N-dealkylation sites (N-methyl/N-ethyl adjacent to an activating group) is 1. The second-order valence-corrected chi connectivity index (χ2v) is 5.43. The number of carboxylic acid groups (broad SMARTS) is 1. The zero-order chi connectivity index (χ0) is 14.6. The van der Waals surface area contributed by atoms with Crippen LogP contribution in [0.4, 0.5) is 4.79 Å².